The van der Waals surface area contributed by atoms with E-state index >= 15 is 0 Å². The molecule has 0 atom stereocenters. The van der Waals surface area contributed by atoms with Crippen molar-refractivity contribution in [2.75, 3.05) is 38.7 Å². The van der Waals surface area contributed by atoms with Crippen LogP contribution in [0.15, 0.2) is 36.4 Å². The molecule has 0 aliphatic carbocycles. The number of rotatable bonds is 7. The Bertz CT molecular complexity index is 535. The van der Waals surface area contributed by atoms with E-state index in [0.717, 1.165) is 11.3 Å². The van der Waals surface area contributed by atoms with E-state index in [1.54, 1.807) is 17.0 Å². The van der Waals surface area contributed by atoms with Gasteiger partial charge < -0.3 is 14.5 Å². The van der Waals surface area contributed by atoms with Gasteiger partial charge in [0.1, 0.15) is 0 Å². The second kappa shape index (κ2) is 8.22. The Labute approximate surface area is 132 Å². The summed E-state index contributed by atoms with van der Waals surface area (Å²) in [5, 5.41) is 0. The molecule has 5 heteroatoms. The van der Waals surface area contributed by atoms with Crippen LogP contribution in [-0.2, 0) is 9.53 Å². The third kappa shape index (κ3) is 5.24. The van der Waals surface area contributed by atoms with Crippen molar-refractivity contribution in [2.24, 2.45) is 0 Å². The number of amides is 1. The summed E-state index contributed by atoms with van der Waals surface area (Å²) in [7, 11) is 3.85. The minimum absolute atomic E-state index is 0.219. The van der Waals surface area contributed by atoms with E-state index in [1.807, 2.05) is 45.0 Å². The first kappa shape index (κ1) is 17.8. The Morgan fingerprint density at radius 2 is 1.77 bits per heavy atom. The van der Waals surface area contributed by atoms with Crippen molar-refractivity contribution < 1.29 is 14.3 Å². The first-order chi connectivity index (χ1) is 10.3. The highest BCUT2D eigenvalue weighted by Crippen LogP contribution is 2.13. The number of benzene rings is 1. The maximum Gasteiger partial charge on any atom is 0.338 e. The lowest BCUT2D eigenvalue weighted by molar-refractivity contribution is -0.133. The predicted octanol–water partition coefficient (Wildman–Crippen LogP) is 2.33. The average molecular weight is 304 g/mol. The van der Waals surface area contributed by atoms with Crippen LogP contribution in [0.3, 0.4) is 0 Å². The highest BCUT2D eigenvalue weighted by molar-refractivity contribution is 5.91. The molecule has 0 N–H and O–H groups in total. The van der Waals surface area contributed by atoms with E-state index in [4.69, 9.17) is 4.74 Å². The minimum Gasteiger partial charge on any atom is -0.452 e. The lowest BCUT2D eigenvalue weighted by atomic mass is 10.2. The van der Waals surface area contributed by atoms with Gasteiger partial charge in [0.25, 0.3) is 5.91 Å². The molecule has 22 heavy (non-hydrogen) atoms. The van der Waals surface area contributed by atoms with Crippen LogP contribution in [-0.4, -0.2) is 50.6 Å². The molecule has 1 amide bonds. The SMILES string of the molecule is C=C(C)CN(CC)C(=O)COC(=O)c1ccc(N(C)C)cc1. The Morgan fingerprint density at radius 1 is 1.18 bits per heavy atom. The molecule has 0 fully saturated rings. The molecule has 0 aliphatic heterocycles. The zero-order chi connectivity index (χ0) is 16.7. The van der Waals surface area contributed by atoms with Crippen LogP contribution in [0.2, 0.25) is 0 Å². The van der Waals surface area contributed by atoms with Crippen LogP contribution in [0.5, 0.6) is 0 Å². The zero-order valence-electron chi connectivity index (χ0n) is 13.8. The lowest BCUT2D eigenvalue weighted by Gasteiger charge is -2.20. The average Bonchev–Trinajstić information content (AvgIpc) is 2.49. The molecular weight excluding hydrogens is 280 g/mol. The number of carbonyl (C=O) groups excluding carboxylic acids is 2. The smallest absolute Gasteiger partial charge is 0.338 e. The third-order valence-corrected chi connectivity index (χ3v) is 3.14. The van der Waals surface area contributed by atoms with Gasteiger partial charge in [0.05, 0.1) is 5.56 Å². The zero-order valence-corrected chi connectivity index (χ0v) is 13.8. The first-order valence-corrected chi connectivity index (χ1v) is 7.21. The van der Waals surface area contributed by atoms with Gasteiger partial charge in [-0.3, -0.25) is 4.79 Å². The summed E-state index contributed by atoms with van der Waals surface area (Å²) in [5.41, 5.74) is 2.31. The van der Waals surface area contributed by atoms with E-state index in [9.17, 15) is 9.59 Å². The third-order valence-electron chi connectivity index (χ3n) is 3.14. The highest BCUT2D eigenvalue weighted by Gasteiger charge is 2.15. The van der Waals surface area contributed by atoms with E-state index < -0.39 is 5.97 Å². The fourth-order valence-electron chi connectivity index (χ4n) is 1.90. The van der Waals surface area contributed by atoms with E-state index in [0.29, 0.717) is 18.7 Å². The number of ether oxygens (including phenoxy) is 1. The molecule has 0 aromatic heterocycles. The summed E-state index contributed by atoms with van der Waals surface area (Å²) in [6.45, 7) is 8.30. The van der Waals surface area contributed by atoms with Gasteiger partial charge in [0.15, 0.2) is 6.61 Å². The van der Waals surface area contributed by atoms with Crippen LogP contribution in [0.25, 0.3) is 0 Å². The lowest BCUT2D eigenvalue weighted by Crippen LogP contribution is -2.35. The molecule has 0 heterocycles. The number of hydrogen-bond acceptors (Lipinski definition) is 4. The fraction of sp³-hybridized carbons (Fsp3) is 0.412. The molecular formula is C17H24N2O3. The van der Waals surface area contributed by atoms with Crippen molar-refractivity contribution in [3.05, 3.63) is 42.0 Å². The molecule has 1 rings (SSSR count). The number of likely N-dealkylation sites (N-methyl/N-ethyl adjacent to an activating group) is 1. The number of carbonyl (C=O) groups is 2. The van der Waals surface area contributed by atoms with Crippen LogP contribution in [0.4, 0.5) is 5.69 Å². The molecule has 0 saturated heterocycles. The van der Waals surface area contributed by atoms with E-state index in [2.05, 4.69) is 6.58 Å². The Balaban J connectivity index is 2.58. The van der Waals surface area contributed by atoms with Gasteiger partial charge in [-0.1, -0.05) is 12.2 Å². The van der Waals surface area contributed by atoms with E-state index in [1.165, 1.54) is 0 Å². The van der Waals surface area contributed by atoms with Gasteiger partial charge >= 0.3 is 5.97 Å². The van der Waals surface area contributed by atoms with Gasteiger partial charge in [0, 0.05) is 32.9 Å². The normalized spacial score (nSPS) is 10.0. The van der Waals surface area contributed by atoms with Gasteiger partial charge in [0.2, 0.25) is 0 Å². The second-order valence-corrected chi connectivity index (χ2v) is 5.38. The summed E-state index contributed by atoms with van der Waals surface area (Å²) in [6, 6.07) is 7.04. The molecule has 0 aliphatic rings. The van der Waals surface area contributed by atoms with Crippen molar-refractivity contribution in [3.8, 4) is 0 Å². The second-order valence-electron chi connectivity index (χ2n) is 5.38. The van der Waals surface area contributed by atoms with Crippen molar-refractivity contribution in [1.82, 2.24) is 4.90 Å². The number of hydrogen-bond donors (Lipinski definition) is 0. The molecule has 1 aromatic rings. The molecule has 120 valence electrons. The van der Waals surface area contributed by atoms with E-state index in [-0.39, 0.29) is 12.5 Å². The number of nitrogens with zero attached hydrogens (tertiary/aromatic N) is 2. The van der Waals surface area contributed by atoms with Crippen LogP contribution in [0.1, 0.15) is 24.2 Å². The molecule has 0 radical (unpaired) electrons. The monoisotopic (exact) mass is 304 g/mol. The summed E-state index contributed by atoms with van der Waals surface area (Å²) >= 11 is 0. The van der Waals surface area contributed by atoms with Crippen LogP contribution in [0, 0.1) is 0 Å². The minimum atomic E-state index is -0.495. The maximum absolute atomic E-state index is 12.0. The highest BCUT2D eigenvalue weighted by atomic mass is 16.5. The molecule has 0 saturated carbocycles. The molecule has 1 aromatic carbocycles. The van der Waals surface area contributed by atoms with Crippen molar-refractivity contribution in [1.29, 1.82) is 0 Å². The first-order valence-electron chi connectivity index (χ1n) is 7.21. The Kier molecular flexibility index (Phi) is 6.63. The van der Waals surface area contributed by atoms with Gasteiger partial charge in [-0.05, 0) is 38.1 Å². The number of esters is 1. The number of anilines is 1. The van der Waals surface area contributed by atoms with Gasteiger partial charge in [-0.15, -0.1) is 0 Å². The summed E-state index contributed by atoms with van der Waals surface area (Å²) in [6.07, 6.45) is 0. The quantitative estimate of drug-likeness (QED) is 0.573. The summed E-state index contributed by atoms with van der Waals surface area (Å²) in [5.74, 6) is -0.714. The molecule has 0 unspecified atom stereocenters. The van der Waals surface area contributed by atoms with Crippen molar-refractivity contribution in [2.45, 2.75) is 13.8 Å². The largest absolute Gasteiger partial charge is 0.452 e. The van der Waals surface area contributed by atoms with Crippen molar-refractivity contribution in [3.63, 3.8) is 0 Å². The van der Waals surface area contributed by atoms with Gasteiger partial charge in [-0.2, -0.15) is 0 Å². The maximum atomic E-state index is 12.0. The fourth-order valence-corrected chi connectivity index (χ4v) is 1.90. The topological polar surface area (TPSA) is 49.9 Å². The van der Waals surface area contributed by atoms with Crippen molar-refractivity contribution >= 4 is 17.6 Å². The molecule has 0 bridgehead atoms. The molecule has 5 nitrogen and oxygen atoms in total. The van der Waals surface area contributed by atoms with Gasteiger partial charge in [-0.25, -0.2) is 4.79 Å². The Hall–Kier alpha value is -2.30. The predicted molar refractivity (Wildman–Crippen MR) is 88.1 cm³/mol. The standard InChI is InChI=1S/C17H24N2O3/c1-6-19(11-13(2)3)16(20)12-22-17(21)14-7-9-15(10-8-14)18(4)5/h7-10H,2,6,11-12H2,1,3-5H3. The Morgan fingerprint density at radius 3 is 2.23 bits per heavy atom. The van der Waals surface area contributed by atoms with Crippen LogP contribution < -0.4 is 4.90 Å². The summed E-state index contributed by atoms with van der Waals surface area (Å²) in [4.78, 5) is 27.5. The van der Waals surface area contributed by atoms with Crippen LogP contribution >= 0.6 is 0 Å². The molecule has 0 spiro atoms. The summed E-state index contributed by atoms with van der Waals surface area (Å²) < 4.78 is 5.08.